The van der Waals surface area contributed by atoms with Gasteiger partial charge >= 0.3 is 0 Å². The molecular weight excluding hydrogens is 212 g/mol. The Balaban J connectivity index is 2.52. The summed E-state index contributed by atoms with van der Waals surface area (Å²) in [4.78, 5) is 10.9. The summed E-state index contributed by atoms with van der Waals surface area (Å²) in [6.45, 7) is 5.72. The largest absolute Gasteiger partial charge is 0.352 e. The molecule has 0 aliphatic carbocycles. The van der Waals surface area contributed by atoms with E-state index in [1.807, 2.05) is 18.2 Å². The molecular formula is C13H18N4. The zero-order chi connectivity index (χ0) is 12.3. The van der Waals surface area contributed by atoms with Crippen molar-refractivity contribution in [1.29, 1.82) is 0 Å². The maximum absolute atomic E-state index is 5.66. The third kappa shape index (κ3) is 2.36. The molecule has 0 saturated carbocycles. The average Bonchev–Trinajstić information content (AvgIpc) is 2.35. The highest BCUT2D eigenvalue weighted by molar-refractivity contribution is 5.89. The van der Waals surface area contributed by atoms with Gasteiger partial charge < -0.3 is 10.6 Å². The number of nitrogens with two attached hydrogens (primary N) is 1. The number of aromatic nitrogens is 2. The van der Waals surface area contributed by atoms with Crippen LogP contribution in [0.4, 0.5) is 5.82 Å². The van der Waals surface area contributed by atoms with Crippen LogP contribution in [0.2, 0.25) is 0 Å². The van der Waals surface area contributed by atoms with E-state index < -0.39 is 0 Å². The molecule has 1 aromatic carbocycles. The van der Waals surface area contributed by atoms with Gasteiger partial charge in [0.25, 0.3) is 0 Å². The van der Waals surface area contributed by atoms with Gasteiger partial charge in [-0.15, -0.1) is 0 Å². The standard InChI is InChI=1S/C13H18N4/c1-10(2)17(8-7-14)13-11-5-3-4-6-12(11)15-9-16-13/h3-6,9-10H,7-8,14H2,1-2H3. The SMILES string of the molecule is CC(C)N(CCN)c1ncnc2ccccc12. The second-order valence-corrected chi connectivity index (χ2v) is 4.29. The van der Waals surface area contributed by atoms with E-state index in [2.05, 4.69) is 34.8 Å². The van der Waals surface area contributed by atoms with E-state index in [4.69, 9.17) is 5.73 Å². The van der Waals surface area contributed by atoms with E-state index in [0.717, 1.165) is 23.3 Å². The fraction of sp³-hybridized carbons (Fsp3) is 0.385. The van der Waals surface area contributed by atoms with Gasteiger partial charge in [0.05, 0.1) is 5.52 Å². The minimum absolute atomic E-state index is 0.372. The number of fused-ring (bicyclic) bond motifs is 1. The van der Waals surface area contributed by atoms with Crippen molar-refractivity contribution in [2.24, 2.45) is 5.73 Å². The maximum atomic E-state index is 5.66. The van der Waals surface area contributed by atoms with Crippen LogP contribution in [0.1, 0.15) is 13.8 Å². The van der Waals surface area contributed by atoms with Gasteiger partial charge in [0, 0.05) is 24.5 Å². The highest BCUT2D eigenvalue weighted by atomic mass is 15.2. The smallest absolute Gasteiger partial charge is 0.140 e. The molecule has 4 nitrogen and oxygen atoms in total. The summed E-state index contributed by atoms with van der Waals surface area (Å²) in [6, 6.07) is 8.42. The normalized spacial score (nSPS) is 11.1. The molecule has 0 spiro atoms. The molecule has 0 bridgehead atoms. The Labute approximate surface area is 101 Å². The molecule has 0 unspecified atom stereocenters. The summed E-state index contributed by atoms with van der Waals surface area (Å²) in [7, 11) is 0. The van der Waals surface area contributed by atoms with Crippen molar-refractivity contribution in [3.63, 3.8) is 0 Å². The summed E-state index contributed by atoms with van der Waals surface area (Å²) in [5.74, 6) is 0.969. The predicted octanol–water partition coefficient (Wildman–Crippen LogP) is 1.80. The predicted molar refractivity (Wildman–Crippen MR) is 71.1 cm³/mol. The number of anilines is 1. The maximum Gasteiger partial charge on any atom is 0.140 e. The molecule has 90 valence electrons. The van der Waals surface area contributed by atoms with Crippen molar-refractivity contribution >= 4 is 16.7 Å². The first-order valence-corrected chi connectivity index (χ1v) is 5.90. The molecule has 0 fully saturated rings. The van der Waals surface area contributed by atoms with E-state index in [0.29, 0.717) is 12.6 Å². The molecule has 0 saturated heterocycles. The number of para-hydroxylation sites is 1. The molecule has 1 aromatic heterocycles. The molecule has 2 N–H and O–H groups in total. The van der Waals surface area contributed by atoms with Crippen molar-refractivity contribution in [3.05, 3.63) is 30.6 Å². The van der Waals surface area contributed by atoms with E-state index in [-0.39, 0.29) is 0 Å². The highest BCUT2D eigenvalue weighted by Crippen LogP contribution is 2.23. The van der Waals surface area contributed by atoms with Gasteiger partial charge in [-0.25, -0.2) is 9.97 Å². The minimum Gasteiger partial charge on any atom is -0.352 e. The number of hydrogen-bond acceptors (Lipinski definition) is 4. The number of nitrogens with zero attached hydrogens (tertiary/aromatic N) is 3. The van der Waals surface area contributed by atoms with Crippen molar-refractivity contribution in [2.45, 2.75) is 19.9 Å². The van der Waals surface area contributed by atoms with Crippen molar-refractivity contribution in [1.82, 2.24) is 9.97 Å². The first-order valence-electron chi connectivity index (χ1n) is 5.90. The van der Waals surface area contributed by atoms with Gasteiger partial charge in [-0.3, -0.25) is 0 Å². The fourth-order valence-corrected chi connectivity index (χ4v) is 1.97. The van der Waals surface area contributed by atoms with Gasteiger partial charge in [-0.1, -0.05) is 12.1 Å². The number of rotatable bonds is 4. The second kappa shape index (κ2) is 5.10. The lowest BCUT2D eigenvalue weighted by atomic mass is 10.2. The van der Waals surface area contributed by atoms with E-state index >= 15 is 0 Å². The minimum atomic E-state index is 0.372. The van der Waals surface area contributed by atoms with Crippen LogP contribution in [0.25, 0.3) is 10.9 Å². The van der Waals surface area contributed by atoms with Crippen LogP contribution in [-0.4, -0.2) is 29.1 Å². The zero-order valence-corrected chi connectivity index (χ0v) is 10.3. The summed E-state index contributed by atoms with van der Waals surface area (Å²) >= 11 is 0. The molecule has 2 rings (SSSR count). The van der Waals surface area contributed by atoms with Gasteiger partial charge in [0.2, 0.25) is 0 Å². The molecule has 0 radical (unpaired) electrons. The van der Waals surface area contributed by atoms with Gasteiger partial charge in [0.1, 0.15) is 12.1 Å². The van der Waals surface area contributed by atoms with Crippen LogP contribution >= 0.6 is 0 Å². The van der Waals surface area contributed by atoms with E-state index in [1.54, 1.807) is 6.33 Å². The fourth-order valence-electron chi connectivity index (χ4n) is 1.97. The monoisotopic (exact) mass is 230 g/mol. The third-order valence-electron chi connectivity index (χ3n) is 2.79. The first-order chi connectivity index (χ1) is 8.24. The van der Waals surface area contributed by atoms with Crippen LogP contribution in [0.15, 0.2) is 30.6 Å². The van der Waals surface area contributed by atoms with Crippen LogP contribution in [0, 0.1) is 0 Å². The molecule has 4 heteroatoms. The molecule has 0 aliphatic heterocycles. The topological polar surface area (TPSA) is 55.0 Å². The lowest BCUT2D eigenvalue weighted by molar-refractivity contribution is 0.677. The number of hydrogen-bond donors (Lipinski definition) is 1. The van der Waals surface area contributed by atoms with Crippen molar-refractivity contribution in [3.8, 4) is 0 Å². The number of benzene rings is 1. The van der Waals surface area contributed by atoms with Gasteiger partial charge in [-0.05, 0) is 26.0 Å². The zero-order valence-electron chi connectivity index (χ0n) is 10.3. The van der Waals surface area contributed by atoms with E-state index in [1.165, 1.54) is 0 Å². The molecule has 0 aliphatic rings. The van der Waals surface area contributed by atoms with Crippen LogP contribution in [-0.2, 0) is 0 Å². The average molecular weight is 230 g/mol. The summed E-state index contributed by atoms with van der Waals surface area (Å²) in [6.07, 6.45) is 1.61. The van der Waals surface area contributed by atoms with Crippen LogP contribution < -0.4 is 10.6 Å². The quantitative estimate of drug-likeness (QED) is 0.870. The molecule has 17 heavy (non-hydrogen) atoms. The van der Waals surface area contributed by atoms with Gasteiger partial charge in [-0.2, -0.15) is 0 Å². The van der Waals surface area contributed by atoms with Crippen LogP contribution in [0.5, 0.6) is 0 Å². The Bertz CT molecular complexity index is 490. The third-order valence-corrected chi connectivity index (χ3v) is 2.79. The molecule has 0 atom stereocenters. The Hall–Kier alpha value is -1.68. The summed E-state index contributed by atoms with van der Waals surface area (Å²) in [5, 5.41) is 1.08. The Kier molecular flexibility index (Phi) is 3.54. The Morgan fingerprint density at radius 3 is 2.71 bits per heavy atom. The van der Waals surface area contributed by atoms with Crippen LogP contribution in [0.3, 0.4) is 0 Å². The van der Waals surface area contributed by atoms with Crippen molar-refractivity contribution < 1.29 is 0 Å². The summed E-state index contributed by atoms with van der Waals surface area (Å²) < 4.78 is 0. The lowest BCUT2D eigenvalue weighted by Crippen LogP contribution is -2.36. The lowest BCUT2D eigenvalue weighted by Gasteiger charge is -2.28. The Morgan fingerprint density at radius 2 is 2.00 bits per heavy atom. The second-order valence-electron chi connectivity index (χ2n) is 4.29. The molecule has 1 heterocycles. The van der Waals surface area contributed by atoms with E-state index in [9.17, 15) is 0 Å². The summed E-state index contributed by atoms with van der Waals surface area (Å²) in [5.41, 5.74) is 6.64. The highest BCUT2D eigenvalue weighted by Gasteiger charge is 2.14. The Morgan fingerprint density at radius 1 is 1.24 bits per heavy atom. The van der Waals surface area contributed by atoms with Crippen molar-refractivity contribution in [2.75, 3.05) is 18.0 Å². The molecule has 0 amide bonds. The molecule has 2 aromatic rings. The van der Waals surface area contributed by atoms with Gasteiger partial charge in [0.15, 0.2) is 0 Å². The first kappa shape index (κ1) is 11.8.